The molecule has 0 unspecified atom stereocenters. The molecular formula is C21H18BrNO4. The van der Waals surface area contributed by atoms with Crippen LogP contribution in [0.1, 0.15) is 27.0 Å². The van der Waals surface area contributed by atoms with Crippen molar-refractivity contribution in [2.45, 2.75) is 19.4 Å². The van der Waals surface area contributed by atoms with Crippen LogP contribution in [0.3, 0.4) is 0 Å². The highest BCUT2D eigenvalue weighted by atomic mass is 79.9. The maximum absolute atomic E-state index is 11.8. The fraction of sp³-hybridized carbons (Fsp3) is 0.143. The second-order valence-corrected chi connectivity index (χ2v) is 6.95. The molecule has 0 saturated carbocycles. The van der Waals surface area contributed by atoms with Gasteiger partial charge in [-0.25, -0.2) is 4.79 Å². The highest BCUT2D eigenvalue weighted by Crippen LogP contribution is 2.26. The van der Waals surface area contributed by atoms with Crippen molar-refractivity contribution in [3.05, 3.63) is 97.9 Å². The fourth-order valence-electron chi connectivity index (χ4n) is 2.85. The smallest absolute Gasteiger partial charge is 0.341 e. The van der Waals surface area contributed by atoms with E-state index in [4.69, 9.17) is 4.74 Å². The lowest BCUT2D eigenvalue weighted by molar-refractivity contribution is 0.0693. The van der Waals surface area contributed by atoms with Crippen LogP contribution in [-0.4, -0.2) is 16.1 Å². The Morgan fingerprint density at radius 3 is 2.52 bits per heavy atom. The Morgan fingerprint density at radius 1 is 1.04 bits per heavy atom. The van der Waals surface area contributed by atoms with Gasteiger partial charge in [-0.1, -0.05) is 46.3 Å². The normalized spacial score (nSPS) is 10.6. The number of ether oxygens (including phenoxy) is 1. The molecule has 0 aliphatic rings. The zero-order valence-corrected chi connectivity index (χ0v) is 16.0. The average Bonchev–Trinajstić information content (AvgIpc) is 2.66. The Labute approximate surface area is 164 Å². The van der Waals surface area contributed by atoms with Crippen molar-refractivity contribution in [1.29, 1.82) is 0 Å². The molecule has 1 aromatic heterocycles. The Balaban J connectivity index is 1.79. The SMILES string of the molecule is O=C(O)c1c(CCc2cc(Br)ccc2OCc2ccccc2)cc[nH]c1=O. The Kier molecular flexibility index (Phi) is 6.08. The van der Waals surface area contributed by atoms with Crippen LogP contribution in [0.15, 0.2) is 70.1 Å². The summed E-state index contributed by atoms with van der Waals surface area (Å²) in [5.74, 6) is -0.481. The van der Waals surface area contributed by atoms with E-state index in [1.54, 1.807) is 6.07 Å². The molecule has 3 aromatic rings. The molecule has 3 rings (SSSR count). The summed E-state index contributed by atoms with van der Waals surface area (Å²) in [6.45, 7) is 0.445. The Hall–Kier alpha value is -2.86. The van der Waals surface area contributed by atoms with Gasteiger partial charge in [-0.15, -0.1) is 0 Å². The van der Waals surface area contributed by atoms with Crippen LogP contribution in [0, 0.1) is 0 Å². The number of benzene rings is 2. The molecule has 0 aliphatic heterocycles. The van der Waals surface area contributed by atoms with E-state index in [0.717, 1.165) is 21.3 Å². The van der Waals surface area contributed by atoms with E-state index >= 15 is 0 Å². The number of carboxylic acids is 1. The van der Waals surface area contributed by atoms with Gasteiger partial charge in [0, 0.05) is 10.7 Å². The van der Waals surface area contributed by atoms with Crippen LogP contribution in [0.4, 0.5) is 0 Å². The number of carboxylic acid groups (broad SMARTS) is 1. The van der Waals surface area contributed by atoms with Gasteiger partial charge in [0.1, 0.15) is 17.9 Å². The molecule has 2 aromatic carbocycles. The Bertz CT molecular complexity index is 999. The highest BCUT2D eigenvalue weighted by Gasteiger charge is 2.15. The number of rotatable bonds is 7. The van der Waals surface area contributed by atoms with E-state index in [9.17, 15) is 14.7 Å². The molecule has 1 heterocycles. The Morgan fingerprint density at radius 2 is 1.78 bits per heavy atom. The van der Waals surface area contributed by atoms with Crippen LogP contribution in [0.5, 0.6) is 5.75 Å². The number of hydrogen-bond acceptors (Lipinski definition) is 3. The van der Waals surface area contributed by atoms with Crippen molar-refractivity contribution in [1.82, 2.24) is 4.98 Å². The fourth-order valence-corrected chi connectivity index (χ4v) is 3.26. The second kappa shape index (κ2) is 8.68. The summed E-state index contributed by atoms with van der Waals surface area (Å²) in [4.78, 5) is 25.6. The van der Waals surface area contributed by atoms with Crippen LogP contribution in [0.25, 0.3) is 0 Å². The molecule has 138 valence electrons. The highest BCUT2D eigenvalue weighted by molar-refractivity contribution is 9.10. The third-order valence-electron chi connectivity index (χ3n) is 4.18. The number of nitrogens with one attached hydrogen (secondary N) is 1. The number of pyridine rings is 1. The van der Waals surface area contributed by atoms with Crippen LogP contribution in [-0.2, 0) is 19.4 Å². The summed E-state index contributed by atoms with van der Waals surface area (Å²) < 4.78 is 6.87. The third-order valence-corrected chi connectivity index (χ3v) is 4.68. The van der Waals surface area contributed by atoms with Crippen LogP contribution in [0.2, 0.25) is 0 Å². The summed E-state index contributed by atoms with van der Waals surface area (Å²) in [6.07, 6.45) is 2.44. The van der Waals surface area contributed by atoms with E-state index in [0.29, 0.717) is 25.0 Å². The zero-order valence-electron chi connectivity index (χ0n) is 14.4. The summed E-state index contributed by atoms with van der Waals surface area (Å²) in [5, 5.41) is 9.30. The first-order valence-electron chi connectivity index (χ1n) is 8.43. The van der Waals surface area contributed by atoms with Gasteiger partial charge in [0.25, 0.3) is 5.56 Å². The van der Waals surface area contributed by atoms with E-state index in [2.05, 4.69) is 20.9 Å². The molecule has 0 radical (unpaired) electrons. The minimum atomic E-state index is -1.22. The average molecular weight is 428 g/mol. The number of hydrogen-bond donors (Lipinski definition) is 2. The van der Waals surface area contributed by atoms with Gasteiger partial charge in [0.2, 0.25) is 0 Å². The number of aromatic carboxylic acids is 1. The summed E-state index contributed by atoms with van der Waals surface area (Å²) in [5.41, 5.74) is 1.71. The summed E-state index contributed by atoms with van der Waals surface area (Å²) in [7, 11) is 0. The first kappa shape index (κ1) is 18.9. The molecular weight excluding hydrogens is 410 g/mol. The molecule has 0 saturated heterocycles. The minimum absolute atomic E-state index is 0.209. The van der Waals surface area contributed by atoms with Crippen molar-refractivity contribution in [2.75, 3.05) is 0 Å². The molecule has 0 atom stereocenters. The van der Waals surface area contributed by atoms with Crippen molar-refractivity contribution in [3.8, 4) is 5.75 Å². The van der Waals surface area contributed by atoms with Gasteiger partial charge in [-0.3, -0.25) is 4.79 Å². The molecule has 5 nitrogen and oxygen atoms in total. The molecule has 0 bridgehead atoms. The van der Waals surface area contributed by atoms with Gasteiger partial charge in [-0.2, -0.15) is 0 Å². The van der Waals surface area contributed by atoms with Crippen molar-refractivity contribution in [3.63, 3.8) is 0 Å². The zero-order chi connectivity index (χ0) is 19.2. The third kappa shape index (κ3) is 4.86. The molecule has 6 heteroatoms. The number of halogens is 1. The number of aromatic nitrogens is 1. The van der Waals surface area contributed by atoms with E-state index in [1.165, 1.54) is 6.20 Å². The maximum Gasteiger partial charge on any atom is 0.341 e. The van der Waals surface area contributed by atoms with E-state index in [-0.39, 0.29) is 5.56 Å². The second-order valence-electron chi connectivity index (χ2n) is 6.04. The van der Waals surface area contributed by atoms with Crippen LogP contribution < -0.4 is 10.3 Å². The quantitative estimate of drug-likeness (QED) is 0.591. The van der Waals surface area contributed by atoms with Gasteiger partial charge >= 0.3 is 5.97 Å². The largest absolute Gasteiger partial charge is 0.489 e. The molecule has 0 aliphatic carbocycles. The molecule has 0 fully saturated rings. The van der Waals surface area contributed by atoms with Crippen molar-refractivity contribution >= 4 is 21.9 Å². The van der Waals surface area contributed by atoms with E-state index in [1.807, 2.05) is 48.5 Å². The predicted molar refractivity (Wildman–Crippen MR) is 106 cm³/mol. The van der Waals surface area contributed by atoms with Crippen molar-refractivity contribution < 1.29 is 14.6 Å². The first-order chi connectivity index (χ1) is 13.0. The van der Waals surface area contributed by atoms with Gasteiger partial charge in [0.05, 0.1) is 0 Å². The number of aryl methyl sites for hydroxylation is 2. The van der Waals surface area contributed by atoms with Crippen LogP contribution >= 0.6 is 15.9 Å². The lowest BCUT2D eigenvalue weighted by Gasteiger charge is -2.13. The standard InChI is InChI=1S/C21H18BrNO4/c22-17-8-9-18(27-13-14-4-2-1-3-5-14)16(12-17)7-6-15-10-11-23-20(24)19(15)21(25)26/h1-5,8-12H,6-7,13H2,(H,23,24)(H,25,26). The van der Waals surface area contributed by atoms with E-state index < -0.39 is 11.5 Å². The lowest BCUT2D eigenvalue weighted by atomic mass is 10.0. The van der Waals surface area contributed by atoms with Gasteiger partial charge in [-0.05, 0) is 53.8 Å². The molecule has 0 spiro atoms. The number of carbonyl (C=O) groups is 1. The molecule has 0 amide bonds. The molecule has 2 N–H and O–H groups in total. The first-order valence-corrected chi connectivity index (χ1v) is 9.23. The maximum atomic E-state index is 11.8. The number of H-pyrrole nitrogens is 1. The minimum Gasteiger partial charge on any atom is -0.489 e. The number of aromatic amines is 1. The van der Waals surface area contributed by atoms with Gasteiger partial charge < -0.3 is 14.8 Å². The lowest BCUT2D eigenvalue weighted by Crippen LogP contribution is -2.20. The molecule has 27 heavy (non-hydrogen) atoms. The monoisotopic (exact) mass is 427 g/mol. The van der Waals surface area contributed by atoms with Gasteiger partial charge in [0.15, 0.2) is 0 Å². The van der Waals surface area contributed by atoms with Crippen molar-refractivity contribution in [2.24, 2.45) is 0 Å². The summed E-state index contributed by atoms with van der Waals surface area (Å²) in [6, 6.07) is 17.2. The topological polar surface area (TPSA) is 79.4 Å². The summed E-state index contributed by atoms with van der Waals surface area (Å²) >= 11 is 3.46. The predicted octanol–water partition coefficient (Wildman–Crippen LogP) is 4.20.